The molecule has 0 fully saturated rings. The summed E-state index contributed by atoms with van der Waals surface area (Å²) in [7, 11) is 0. The van der Waals surface area contributed by atoms with Crippen LogP contribution in [0.25, 0.3) is 0 Å². The third-order valence-corrected chi connectivity index (χ3v) is 4.32. The Labute approximate surface area is 163 Å². The van der Waals surface area contributed by atoms with Gasteiger partial charge in [-0.1, -0.05) is 59.1 Å². The Hall–Kier alpha value is -2.04. The van der Waals surface area contributed by atoms with Crippen LogP contribution in [0.3, 0.4) is 0 Å². The van der Waals surface area contributed by atoms with Gasteiger partial charge in [-0.05, 0) is 38.5 Å². The normalized spacial score (nSPS) is 11.9. The lowest BCUT2D eigenvalue weighted by Gasteiger charge is -2.20. The number of carbonyl (C=O) groups excluding carboxylic acids is 2. The van der Waals surface area contributed by atoms with Crippen molar-refractivity contribution in [3.8, 4) is 0 Å². The molecular weight excluding hydrogens is 373 g/mol. The quantitative estimate of drug-likeness (QED) is 0.729. The molecule has 2 aromatic rings. The minimum absolute atomic E-state index is 0.141. The number of carbonyl (C=O) groups is 2. The summed E-state index contributed by atoms with van der Waals surface area (Å²) in [5.41, 5.74) is 2.16. The van der Waals surface area contributed by atoms with Gasteiger partial charge in [-0.3, -0.25) is 4.79 Å². The minimum atomic E-state index is -0.847. The maximum Gasteiger partial charge on any atom is 0.329 e. The average Bonchev–Trinajstić information content (AvgIpc) is 2.55. The third-order valence-electron chi connectivity index (χ3n) is 3.69. The van der Waals surface area contributed by atoms with Gasteiger partial charge in [0.25, 0.3) is 5.91 Å². The summed E-state index contributed by atoms with van der Waals surface area (Å²) in [6.45, 7) is 5.50. The molecule has 0 radical (unpaired) electrons. The highest BCUT2D eigenvalue weighted by Crippen LogP contribution is 2.24. The van der Waals surface area contributed by atoms with E-state index in [9.17, 15) is 9.59 Å². The maximum atomic E-state index is 12.6. The summed E-state index contributed by atoms with van der Waals surface area (Å²) in [6, 6.07) is 11.7. The molecule has 4 nitrogen and oxygen atoms in total. The molecule has 2 aromatic carbocycles. The lowest BCUT2D eigenvalue weighted by Crippen LogP contribution is -2.44. The van der Waals surface area contributed by atoms with E-state index in [1.807, 2.05) is 31.2 Å². The summed E-state index contributed by atoms with van der Waals surface area (Å²) in [4.78, 5) is 25.1. The van der Waals surface area contributed by atoms with Gasteiger partial charge >= 0.3 is 5.97 Å². The largest absolute Gasteiger partial charge is 0.461 e. The van der Waals surface area contributed by atoms with Crippen LogP contribution in [0.4, 0.5) is 0 Å². The standard InChI is InChI=1S/C20H21Cl2NO3/c1-12(2)26-20(25)17(11-14-9-7-13(3)8-10-14)23-19(24)18-15(21)5-4-6-16(18)22/h4-10,12,17H,11H2,1-3H3,(H,23,24)/t17-/m0/s1. The van der Waals surface area contributed by atoms with Crippen LogP contribution in [0.2, 0.25) is 10.0 Å². The second kappa shape index (κ2) is 9.06. The molecule has 0 aliphatic heterocycles. The van der Waals surface area contributed by atoms with Gasteiger partial charge in [-0.25, -0.2) is 4.79 Å². The number of esters is 1. The fourth-order valence-corrected chi connectivity index (χ4v) is 2.98. The van der Waals surface area contributed by atoms with Crippen LogP contribution in [0.15, 0.2) is 42.5 Å². The zero-order valence-corrected chi connectivity index (χ0v) is 16.4. The first-order valence-corrected chi connectivity index (χ1v) is 9.04. The first kappa shape index (κ1) is 20.3. The van der Waals surface area contributed by atoms with Gasteiger partial charge in [0, 0.05) is 6.42 Å². The van der Waals surface area contributed by atoms with Crippen molar-refractivity contribution in [3.05, 3.63) is 69.2 Å². The summed E-state index contributed by atoms with van der Waals surface area (Å²) in [5.74, 6) is -1.02. The fourth-order valence-electron chi connectivity index (χ4n) is 2.41. The molecule has 0 aliphatic carbocycles. The lowest BCUT2D eigenvalue weighted by molar-refractivity contribution is -0.149. The highest BCUT2D eigenvalue weighted by molar-refractivity contribution is 6.39. The van der Waals surface area contributed by atoms with E-state index in [0.717, 1.165) is 11.1 Å². The van der Waals surface area contributed by atoms with E-state index >= 15 is 0 Å². The Balaban J connectivity index is 2.24. The van der Waals surface area contributed by atoms with Crippen LogP contribution in [0.5, 0.6) is 0 Å². The van der Waals surface area contributed by atoms with Crippen LogP contribution in [-0.2, 0) is 16.0 Å². The highest BCUT2D eigenvalue weighted by Gasteiger charge is 2.26. The van der Waals surface area contributed by atoms with Crippen LogP contribution in [0.1, 0.15) is 35.3 Å². The van der Waals surface area contributed by atoms with Crippen molar-refractivity contribution < 1.29 is 14.3 Å². The minimum Gasteiger partial charge on any atom is -0.461 e. The zero-order valence-electron chi connectivity index (χ0n) is 14.9. The van der Waals surface area contributed by atoms with Crippen LogP contribution in [-0.4, -0.2) is 24.0 Å². The number of aryl methyl sites for hydroxylation is 1. The molecule has 1 N–H and O–H groups in total. The smallest absolute Gasteiger partial charge is 0.329 e. The predicted molar refractivity (Wildman–Crippen MR) is 104 cm³/mol. The molecule has 2 rings (SSSR count). The van der Waals surface area contributed by atoms with Crippen molar-refractivity contribution in [1.29, 1.82) is 0 Å². The first-order chi connectivity index (χ1) is 12.3. The Morgan fingerprint density at radius 2 is 1.62 bits per heavy atom. The molecule has 0 aliphatic rings. The molecule has 26 heavy (non-hydrogen) atoms. The Bertz CT molecular complexity index is 768. The highest BCUT2D eigenvalue weighted by atomic mass is 35.5. The van der Waals surface area contributed by atoms with Gasteiger partial charge in [-0.15, -0.1) is 0 Å². The van der Waals surface area contributed by atoms with E-state index in [1.165, 1.54) is 0 Å². The van der Waals surface area contributed by atoms with Crippen molar-refractivity contribution in [2.75, 3.05) is 0 Å². The molecular formula is C20H21Cl2NO3. The molecule has 0 saturated heterocycles. The van der Waals surface area contributed by atoms with E-state index in [1.54, 1.807) is 32.0 Å². The lowest BCUT2D eigenvalue weighted by atomic mass is 10.0. The summed E-state index contributed by atoms with van der Waals surface area (Å²) >= 11 is 12.2. The van der Waals surface area contributed by atoms with Gasteiger partial charge in [0.2, 0.25) is 0 Å². The molecule has 0 unspecified atom stereocenters. The van der Waals surface area contributed by atoms with Crippen molar-refractivity contribution in [2.45, 2.75) is 39.3 Å². The van der Waals surface area contributed by atoms with Gasteiger partial charge in [0.05, 0.1) is 21.7 Å². The molecule has 1 atom stereocenters. The Morgan fingerprint density at radius 3 is 2.15 bits per heavy atom. The first-order valence-electron chi connectivity index (χ1n) is 8.29. The van der Waals surface area contributed by atoms with E-state index < -0.39 is 17.9 Å². The maximum absolute atomic E-state index is 12.6. The Morgan fingerprint density at radius 1 is 1.04 bits per heavy atom. The van der Waals surface area contributed by atoms with Crippen molar-refractivity contribution in [3.63, 3.8) is 0 Å². The molecule has 0 saturated carbocycles. The number of benzene rings is 2. The van der Waals surface area contributed by atoms with Crippen molar-refractivity contribution in [2.24, 2.45) is 0 Å². The van der Waals surface area contributed by atoms with Crippen LogP contribution >= 0.6 is 23.2 Å². The topological polar surface area (TPSA) is 55.4 Å². The van der Waals surface area contributed by atoms with Gasteiger partial charge in [0.1, 0.15) is 6.04 Å². The van der Waals surface area contributed by atoms with Gasteiger partial charge in [0.15, 0.2) is 0 Å². The number of halogens is 2. The molecule has 0 aromatic heterocycles. The SMILES string of the molecule is Cc1ccc(C[C@H](NC(=O)c2c(Cl)cccc2Cl)C(=O)OC(C)C)cc1. The second-order valence-corrected chi connectivity index (χ2v) is 7.11. The summed E-state index contributed by atoms with van der Waals surface area (Å²) < 4.78 is 5.29. The van der Waals surface area contributed by atoms with Crippen molar-refractivity contribution in [1.82, 2.24) is 5.32 Å². The van der Waals surface area contributed by atoms with Crippen LogP contribution < -0.4 is 5.32 Å². The summed E-state index contributed by atoms with van der Waals surface area (Å²) in [6.07, 6.45) is 0.0171. The van der Waals surface area contributed by atoms with E-state index in [0.29, 0.717) is 6.42 Å². The van der Waals surface area contributed by atoms with E-state index in [-0.39, 0.29) is 21.7 Å². The monoisotopic (exact) mass is 393 g/mol. The Kier molecular flexibility index (Phi) is 7.06. The third kappa shape index (κ3) is 5.48. The molecule has 138 valence electrons. The number of amides is 1. The fraction of sp³-hybridized carbons (Fsp3) is 0.300. The number of rotatable bonds is 6. The molecule has 6 heteroatoms. The van der Waals surface area contributed by atoms with Gasteiger partial charge in [-0.2, -0.15) is 0 Å². The van der Waals surface area contributed by atoms with E-state index in [2.05, 4.69) is 5.32 Å². The molecule has 0 bridgehead atoms. The summed E-state index contributed by atoms with van der Waals surface area (Å²) in [5, 5.41) is 3.15. The number of nitrogens with one attached hydrogen (secondary N) is 1. The van der Waals surface area contributed by atoms with E-state index in [4.69, 9.17) is 27.9 Å². The predicted octanol–water partition coefficient (Wildman–Crippen LogP) is 4.59. The second-order valence-electron chi connectivity index (χ2n) is 6.30. The number of hydrogen-bond donors (Lipinski definition) is 1. The number of ether oxygens (including phenoxy) is 1. The average molecular weight is 394 g/mol. The zero-order chi connectivity index (χ0) is 19.3. The van der Waals surface area contributed by atoms with Crippen LogP contribution in [0, 0.1) is 6.92 Å². The van der Waals surface area contributed by atoms with Crippen molar-refractivity contribution >= 4 is 35.1 Å². The number of hydrogen-bond acceptors (Lipinski definition) is 3. The van der Waals surface area contributed by atoms with Gasteiger partial charge < -0.3 is 10.1 Å². The molecule has 0 heterocycles. The molecule has 1 amide bonds. The molecule has 0 spiro atoms.